The van der Waals surface area contributed by atoms with Crippen LogP contribution in [0.5, 0.6) is 0 Å². The van der Waals surface area contributed by atoms with Crippen LogP contribution in [0.3, 0.4) is 0 Å². The number of carbonyl (C=O) groups is 2. The topological polar surface area (TPSA) is 75.6 Å². The van der Waals surface area contributed by atoms with Crippen molar-refractivity contribution in [1.82, 2.24) is 5.32 Å². The van der Waals surface area contributed by atoms with Crippen molar-refractivity contribution < 1.29 is 32.6 Å². The Hall–Kier alpha value is -2.51. The van der Waals surface area contributed by atoms with Gasteiger partial charge in [0.15, 0.2) is 11.6 Å². The van der Waals surface area contributed by atoms with Gasteiger partial charge in [-0.05, 0) is 18.1 Å². The van der Waals surface area contributed by atoms with E-state index >= 15 is 0 Å². The molecule has 0 spiro atoms. The van der Waals surface area contributed by atoms with Gasteiger partial charge in [-0.15, -0.1) is 0 Å². The number of nitrogens with one attached hydrogen (secondary N) is 1. The Morgan fingerprint density at radius 3 is 2.50 bits per heavy atom. The molecule has 1 aromatic rings. The van der Waals surface area contributed by atoms with Crippen LogP contribution in [0.2, 0.25) is 0 Å². The Morgan fingerprint density at radius 2 is 1.91 bits per heavy atom. The Morgan fingerprint density at radius 1 is 1.27 bits per heavy atom. The van der Waals surface area contributed by atoms with Crippen LogP contribution in [0, 0.1) is 17.5 Å². The first-order chi connectivity index (χ1) is 10.3. The van der Waals surface area contributed by atoms with Crippen molar-refractivity contribution in [1.29, 1.82) is 0 Å². The summed E-state index contributed by atoms with van der Waals surface area (Å²) in [5, 5.41) is 11.0. The molecule has 0 bridgehead atoms. The van der Waals surface area contributed by atoms with E-state index in [0.717, 1.165) is 0 Å². The molecule has 0 aromatic heterocycles. The Bertz CT molecular complexity index is 577. The highest BCUT2D eigenvalue weighted by Gasteiger charge is 2.20. The predicted molar refractivity (Wildman–Crippen MR) is 70.7 cm³/mol. The summed E-state index contributed by atoms with van der Waals surface area (Å²) < 4.78 is 44.2. The van der Waals surface area contributed by atoms with E-state index in [9.17, 15) is 22.8 Å². The summed E-state index contributed by atoms with van der Waals surface area (Å²) in [5.74, 6) is -4.90. The molecule has 0 aliphatic carbocycles. The fourth-order valence-electron chi connectivity index (χ4n) is 1.71. The molecule has 0 aliphatic heterocycles. The lowest BCUT2D eigenvalue weighted by Gasteiger charge is -2.17. The summed E-state index contributed by atoms with van der Waals surface area (Å²) in [4.78, 5) is 22.2. The average molecular weight is 317 g/mol. The highest BCUT2D eigenvalue weighted by atomic mass is 19.2. The van der Waals surface area contributed by atoms with E-state index in [1.807, 2.05) is 0 Å². The second-order valence-electron chi connectivity index (χ2n) is 4.39. The van der Waals surface area contributed by atoms with E-state index in [1.54, 1.807) is 0 Å². The number of ether oxygens (including phenoxy) is 1. The number of alkyl carbamates (subject to hydrolysis) is 1. The van der Waals surface area contributed by atoms with Crippen molar-refractivity contribution in [2.75, 3.05) is 6.61 Å². The predicted octanol–water partition coefficient (Wildman–Crippen LogP) is 2.40. The minimum atomic E-state index is -1.35. The largest absolute Gasteiger partial charge is 0.481 e. The third-order valence-electron chi connectivity index (χ3n) is 2.63. The maximum atomic E-state index is 13.6. The zero-order valence-corrected chi connectivity index (χ0v) is 11.4. The Labute approximate surface area is 124 Å². The lowest BCUT2D eigenvalue weighted by Crippen LogP contribution is -2.38. The second kappa shape index (κ2) is 8.06. The van der Waals surface area contributed by atoms with Gasteiger partial charge in [0.05, 0.1) is 6.42 Å². The first kappa shape index (κ1) is 17.5. The number of carboxylic acids is 1. The van der Waals surface area contributed by atoms with Crippen LogP contribution in [0.4, 0.5) is 18.0 Å². The maximum Gasteiger partial charge on any atom is 0.407 e. The number of halogens is 3. The quantitative estimate of drug-likeness (QED) is 0.598. The van der Waals surface area contributed by atoms with Gasteiger partial charge >= 0.3 is 12.1 Å². The molecule has 0 unspecified atom stereocenters. The third-order valence-corrected chi connectivity index (χ3v) is 2.63. The zero-order valence-electron chi connectivity index (χ0n) is 11.4. The fourth-order valence-corrected chi connectivity index (χ4v) is 1.71. The van der Waals surface area contributed by atoms with E-state index in [0.29, 0.717) is 12.1 Å². The number of carboxylic acid groups (broad SMARTS) is 1. The first-order valence-corrected chi connectivity index (χ1v) is 6.23. The monoisotopic (exact) mass is 317 g/mol. The molecule has 2 N–H and O–H groups in total. The molecule has 0 heterocycles. The van der Waals surface area contributed by atoms with Crippen molar-refractivity contribution >= 4 is 12.1 Å². The van der Waals surface area contributed by atoms with E-state index in [2.05, 4.69) is 16.6 Å². The van der Waals surface area contributed by atoms with Crippen molar-refractivity contribution in [2.45, 2.75) is 18.9 Å². The number of hydrogen-bond donors (Lipinski definition) is 2. The first-order valence-electron chi connectivity index (χ1n) is 6.23. The van der Waals surface area contributed by atoms with Gasteiger partial charge < -0.3 is 15.2 Å². The molecule has 120 valence electrons. The lowest BCUT2D eigenvalue weighted by atomic mass is 10.0. The highest BCUT2D eigenvalue weighted by Crippen LogP contribution is 2.16. The van der Waals surface area contributed by atoms with E-state index in [4.69, 9.17) is 5.11 Å². The smallest absolute Gasteiger partial charge is 0.407 e. The van der Waals surface area contributed by atoms with Gasteiger partial charge in [-0.1, -0.05) is 12.7 Å². The van der Waals surface area contributed by atoms with Crippen LogP contribution in [0.15, 0.2) is 24.8 Å². The highest BCUT2D eigenvalue weighted by molar-refractivity contribution is 5.71. The van der Waals surface area contributed by atoms with Gasteiger partial charge in [0.1, 0.15) is 12.4 Å². The average Bonchev–Trinajstić information content (AvgIpc) is 2.41. The van der Waals surface area contributed by atoms with E-state index in [-0.39, 0.29) is 18.6 Å². The van der Waals surface area contributed by atoms with Gasteiger partial charge in [0.2, 0.25) is 0 Å². The summed E-state index contributed by atoms with van der Waals surface area (Å²) in [7, 11) is 0. The number of amides is 1. The Kier molecular flexibility index (Phi) is 6.43. The minimum absolute atomic E-state index is 0.0921. The second-order valence-corrected chi connectivity index (χ2v) is 4.39. The molecule has 1 amide bonds. The van der Waals surface area contributed by atoms with Gasteiger partial charge in [-0.2, -0.15) is 0 Å². The molecule has 8 heteroatoms. The van der Waals surface area contributed by atoms with Crippen LogP contribution >= 0.6 is 0 Å². The number of hydrogen-bond acceptors (Lipinski definition) is 3. The zero-order chi connectivity index (χ0) is 16.7. The van der Waals surface area contributed by atoms with Crippen LogP contribution in [0.25, 0.3) is 0 Å². The summed E-state index contributed by atoms with van der Waals surface area (Å²) in [6.07, 6.45) is -0.491. The van der Waals surface area contributed by atoms with Crippen LogP contribution < -0.4 is 5.32 Å². The van der Waals surface area contributed by atoms with Gasteiger partial charge in [-0.25, -0.2) is 18.0 Å². The molecule has 0 radical (unpaired) electrons. The van der Waals surface area contributed by atoms with Crippen molar-refractivity contribution in [3.8, 4) is 0 Å². The van der Waals surface area contributed by atoms with Crippen molar-refractivity contribution in [3.63, 3.8) is 0 Å². The number of aliphatic carboxylic acids is 1. The van der Waals surface area contributed by atoms with Crippen molar-refractivity contribution in [3.05, 3.63) is 47.8 Å². The van der Waals surface area contributed by atoms with Gasteiger partial charge in [-0.3, -0.25) is 4.79 Å². The van der Waals surface area contributed by atoms with Crippen molar-refractivity contribution in [2.24, 2.45) is 0 Å². The molecule has 22 heavy (non-hydrogen) atoms. The fraction of sp³-hybridized carbons (Fsp3) is 0.286. The molecular formula is C14H14F3NO4. The Balaban J connectivity index is 2.84. The molecule has 1 atom stereocenters. The molecule has 1 aromatic carbocycles. The van der Waals surface area contributed by atoms with Crippen LogP contribution in [0.1, 0.15) is 12.0 Å². The standard InChI is InChI=1S/C14H14F3NO4/c1-2-3-22-14(21)18-9(6-13(19)20)4-8-5-11(16)12(17)7-10(8)15/h2,5,7,9H,1,3-4,6H2,(H,18,21)(H,19,20)/t9-/m1/s1. The minimum Gasteiger partial charge on any atom is -0.481 e. The number of rotatable bonds is 7. The summed E-state index contributed by atoms with van der Waals surface area (Å²) in [6, 6.07) is -0.0661. The molecule has 5 nitrogen and oxygen atoms in total. The number of carbonyl (C=O) groups excluding carboxylic acids is 1. The van der Waals surface area contributed by atoms with E-state index < -0.39 is 42.0 Å². The molecule has 0 fully saturated rings. The van der Waals surface area contributed by atoms with Crippen LogP contribution in [-0.4, -0.2) is 29.8 Å². The molecule has 1 rings (SSSR count). The molecule has 0 saturated carbocycles. The third kappa shape index (κ3) is 5.47. The lowest BCUT2D eigenvalue weighted by molar-refractivity contribution is -0.137. The number of benzene rings is 1. The van der Waals surface area contributed by atoms with Gasteiger partial charge in [0.25, 0.3) is 0 Å². The van der Waals surface area contributed by atoms with Gasteiger partial charge in [0, 0.05) is 12.1 Å². The normalized spacial score (nSPS) is 11.6. The summed E-state index contributed by atoms with van der Waals surface area (Å²) >= 11 is 0. The molecule has 0 saturated heterocycles. The summed E-state index contributed by atoms with van der Waals surface area (Å²) in [6.45, 7) is 3.24. The summed E-state index contributed by atoms with van der Waals surface area (Å²) in [5.41, 5.74) is -0.255. The maximum absolute atomic E-state index is 13.6. The SMILES string of the molecule is C=CCOC(=O)N[C@@H](CC(=O)O)Cc1cc(F)c(F)cc1F. The van der Waals surface area contributed by atoms with E-state index in [1.165, 1.54) is 6.08 Å². The molecular weight excluding hydrogens is 303 g/mol. The van der Waals surface area contributed by atoms with Crippen LogP contribution in [-0.2, 0) is 16.0 Å². The molecule has 0 aliphatic rings.